The number of aryl methyl sites for hydroxylation is 1. The summed E-state index contributed by atoms with van der Waals surface area (Å²) in [6.07, 6.45) is 2.03. The molecule has 0 aliphatic carbocycles. The summed E-state index contributed by atoms with van der Waals surface area (Å²) in [5, 5.41) is 16.0. The lowest BCUT2D eigenvalue weighted by atomic mass is 10.1. The first-order valence-corrected chi connectivity index (χ1v) is 7.68. The Morgan fingerprint density at radius 2 is 2.00 bits per heavy atom. The van der Waals surface area contributed by atoms with Crippen molar-refractivity contribution >= 4 is 11.9 Å². The van der Waals surface area contributed by atoms with Crippen molar-refractivity contribution < 1.29 is 14.7 Å². The van der Waals surface area contributed by atoms with Crippen molar-refractivity contribution in [2.45, 2.75) is 39.2 Å². The molecular weight excluding hydrogens is 294 g/mol. The Hall–Kier alpha value is -2.63. The van der Waals surface area contributed by atoms with E-state index in [1.807, 2.05) is 44.2 Å². The first-order valence-electron chi connectivity index (χ1n) is 7.68. The van der Waals surface area contributed by atoms with Gasteiger partial charge in [0, 0.05) is 5.69 Å². The Bertz CT molecular complexity index is 680. The van der Waals surface area contributed by atoms with Crippen LogP contribution in [0, 0.1) is 6.92 Å². The molecule has 0 spiro atoms. The van der Waals surface area contributed by atoms with E-state index in [1.54, 1.807) is 10.7 Å². The highest BCUT2D eigenvalue weighted by atomic mass is 16.4. The van der Waals surface area contributed by atoms with Crippen LogP contribution in [-0.2, 0) is 4.79 Å². The van der Waals surface area contributed by atoms with Gasteiger partial charge in [-0.3, -0.25) is 4.79 Å². The summed E-state index contributed by atoms with van der Waals surface area (Å²) in [5.41, 5.74) is 1.88. The Morgan fingerprint density at radius 3 is 2.61 bits per heavy atom. The van der Waals surface area contributed by atoms with Gasteiger partial charge in [-0.2, -0.15) is 5.10 Å². The number of carboxylic acids is 1. The lowest BCUT2D eigenvalue weighted by Gasteiger charge is -2.12. The van der Waals surface area contributed by atoms with Crippen LogP contribution in [0.5, 0.6) is 0 Å². The summed E-state index contributed by atoms with van der Waals surface area (Å²) >= 11 is 0. The maximum absolute atomic E-state index is 12.3. The van der Waals surface area contributed by atoms with E-state index >= 15 is 0 Å². The van der Waals surface area contributed by atoms with Gasteiger partial charge in [0.1, 0.15) is 6.04 Å². The van der Waals surface area contributed by atoms with E-state index in [9.17, 15) is 14.7 Å². The van der Waals surface area contributed by atoms with E-state index in [1.165, 1.54) is 0 Å². The van der Waals surface area contributed by atoms with Gasteiger partial charge in [0.2, 0.25) is 0 Å². The first kappa shape index (κ1) is 16.7. The van der Waals surface area contributed by atoms with Gasteiger partial charge >= 0.3 is 5.97 Å². The van der Waals surface area contributed by atoms with Crippen LogP contribution >= 0.6 is 0 Å². The average molecular weight is 315 g/mol. The molecule has 0 bridgehead atoms. The van der Waals surface area contributed by atoms with Gasteiger partial charge in [0.05, 0.1) is 5.69 Å². The molecule has 0 aliphatic heterocycles. The predicted octanol–water partition coefficient (Wildman–Crippen LogP) is 2.55. The molecule has 23 heavy (non-hydrogen) atoms. The Balaban J connectivity index is 2.15. The normalized spacial score (nSPS) is 11.9. The van der Waals surface area contributed by atoms with Crippen molar-refractivity contribution in [3.05, 3.63) is 47.8 Å². The van der Waals surface area contributed by atoms with Gasteiger partial charge in [-0.25, -0.2) is 9.48 Å². The fraction of sp³-hybridized carbons (Fsp3) is 0.353. The topological polar surface area (TPSA) is 84.2 Å². The SMILES string of the molecule is CCCC[C@H](NC(=O)c1cc(C)n(-c2ccccc2)n1)C(=O)O. The molecule has 6 heteroatoms. The summed E-state index contributed by atoms with van der Waals surface area (Å²) in [6, 6.07) is 10.2. The second kappa shape index (κ2) is 7.58. The van der Waals surface area contributed by atoms with Crippen molar-refractivity contribution in [1.82, 2.24) is 15.1 Å². The van der Waals surface area contributed by atoms with E-state index in [-0.39, 0.29) is 5.69 Å². The lowest BCUT2D eigenvalue weighted by Crippen LogP contribution is -2.40. The van der Waals surface area contributed by atoms with E-state index in [4.69, 9.17) is 0 Å². The molecule has 1 aromatic carbocycles. The third-order valence-corrected chi connectivity index (χ3v) is 3.57. The van der Waals surface area contributed by atoms with Crippen LogP contribution in [0.2, 0.25) is 0 Å². The number of carbonyl (C=O) groups excluding carboxylic acids is 1. The van der Waals surface area contributed by atoms with Gasteiger partial charge < -0.3 is 10.4 Å². The molecule has 1 aromatic heterocycles. The number of amides is 1. The number of nitrogens with one attached hydrogen (secondary N) is 1. The van der Waals surface area contributed by atoms with E-state index < -0.39 is 17.9 Å². The number of unbranched alkanes of at least 4 members (excludes halogenated alkanes) is 1. The zero-order valence-electron chi connectivity index (χ0n) is 13.3. The fourth-order valence-corrected chi connectivity index (χ4v) is 2.31. The molecule has 2 N–H and O–H groups in total. The lowest BCUT2D eigenvalue weighted by molar-refractivity contribution is -0.139. The fourth-order valence-electron chi connectivity index (χ4n) is 2.31. The van der Waals surface area contributed by atoms with Crippen LogP contribution in [0.3, 0.4) is 0 Å². The third-order valence-electron chi connectivity index (χ3n) is 3.57. The van der Waals surface area contributed by atoms with Crippen LogP contribution in [0.25, 0.3) is 5.69 Å². The zero-order valence-corrected chi connectivity index (χ0v) is 13.3. The van der Waals surface area contributed by atoms with Crippen LogP contribution in [0.1, 0.15) is 42.4 Å². The van der Waals surface area contributed by atoms with Gasteiger partial charge in [-0.05, 0) is 31.5 Å². The van der Waals surface area contributed by atoms with E-state index in [0.29, 0.717) is 6.42 Å². The first-order chi connectivity index (χ1) is 11.0. The van der Waals surface area contributed by atoms with Crippen molar-refractivity contribution in [3.8, 4) is 5.69 Å². The number of nitrogens with zero attached hydrogens (tertiary/aromatic N) is 2. The number of hydrogen-bond acceptors (Lipinski definition) is 3. The molecule has 0 fully saturated rings. The summed E-state index contributed by atoms with van der Waals surface area (Å²) in [5.74, 6) is -1.49. The summed E-state index contributed by atoms with van der Waals surface area (Å²) < 4.78 is 1.66. The van der Waals surface area contributed by atoms with Crippen LogP contribution in [0.15, 0.2) is 36.4 Å². The largest absolute Gasteiger partial charge is 0.480 e. The van der Waals surface area contributed by atoms with E-state index in [2.05, 4.69) is 10.4 Å². The predicted molar refractivity (Wildman–Crippen MR) is 86.7 cm³/mol. The number of carboxylic acid groups (broad SMARTS) is 1. The molecule has 1 heterocycles. The number of rotatable bonds is 7. The second-order valence-corrected chi connectivity index (χ2v) is 5.42. The minimum Gasteiger partial charge on any atom is -0.480 e. The van der Waals surface area contributed by atoms with Gasteiger partial charge in [-0.15, -0.1) is 0 Å². The second-order valence-electron chi connectivity index (χ2n) is 5.42. The number of carbonyl (C=O) groups is 2. The quantitative estimate of drug-likeness (QED) is 0.822. The minimum absolute atomic E-state index is 0.217. The summed E-state index contributed by atoms with van der Waals surface area (Å²) in [7, 11) is 0. The zero-order chi connectivity index (χ0) is 16.8. The minimum atomic E-state index is -1.02. The molecule has 0 saturated heterocycles. The van der Waals surface area contributed by atoms with E-state index in [0.717, 1.165) is 24.2 Å². The molecule has 0 radical (unpaired) electrons. The van der Waals surface area contributed by atoms with Crippen molar-refractivity contribution in [3.63, 3.8) is 0 Å². The molecule has 0 saturated carbocycles. The van der Waals surface area contributed by atoms with Gasteiger partial charge in [0.25, 0.3) is 5.91 Å². The van der Waals surface area contributed by atoms with Crippen LogP contribution in [0.4, 0.5) is 0 Å². The number of hydrogen-bond donors (Lipinski definition) is 2. The Labute approximate surface area is 135 Å². The number of aliphatic carboxylic acids is 1. The number of aromatic nitrogens is 2. The molecule has 1 amide bonds. The summed E-state index contributed by atoms with van der Waals surface area (Å²) in [4.78, 5) is 23.5. The highest BCUT2D eigenvalue weighted by Gasteiger charge is 2.22. The average Bonchev–Trinajstić information content (AvgIpc) is 2.93. The van der Waals surface area contributed by atoms with Crippen molar-refractivity contribution in [2.75, 3.05) is 0 Å². The third kappa shape index (κ3) is 4.18. The molecule has 1 atom stereocenters. The standard InChI is InChI=1S/C17H21N3O3/c1-3-4-10-14(17(22)23)18-16(21)15-11-12(2)20(19-15)13-8-6-5-7-9-13/h5-9,11,14H,3-4,10H2,1-2H3,(H,18,21)(H,22,23)/t14-/m0/s1. The highest BCUT2D eigenvalue weighted by Crippen LogP contribution is 2.12. The smallest absolute Gasteiger partial charge is 0.326 e. The molecule has 2 aromatic rings. The molecule has 6 nitrogen and oxygen atoms in total. The monoisotopic (exact) mass is 315 g/mol. The van der Waals surface area contributed by atoms with Crippen LogP contribution in [-0.4, -0.2) is 32.8 Å². The Kier molecular flexibility index (Phi) is 5.51. The molecule has 2 rings (SSSR count). The van der Waals surface area contributed by atoms with Crippen molar-refractivity contribution in [2.24, 2.45) is 0 Å². The molecule has 0 unspecified atom stereocenters. The van der Waals surface area contributed by atoms with Gasteiger partial charge in [0.15, 0.2) is 5.69 Å². The number of benzene rings is 1. The van der Waals surface area contributed by atoms with Gasteiger partial charge in [-0.1, -0.05) is 38.0 Å². The maximum atomic E-state index is 12.3. The van der Waals surface area contributed by atoms with Crippen LogP contribution < -0.4 is 5.32 Å². The maximum Gasteiger partial charge on any atom is 0.326 e. The summed E-state index contributed by atoms with van der Waals surface area (Å²) in [6.45, 7) is 3.83. The molecular formula is C17H21N3O3. The molecule has 0 aliphatic rings. The van der Waals surface area contributed by atoms with Crippen molar-refractivity contribution in [1.29, 1.82) is 0 Å². The number of para-hydroxylation sites is 1. The highest BCUT2D eigenvalue weighted by molar-refractivity contribution is 5.95. The molecule has 122 valence electrons. The Morgan fingerprint density at radius 1 is 1.30 bits per heavy atom.